The van der Waals surface area contributed by atoms with Crippen molar-refractivity contribution in [3.8, 4) is 0 Å². The molecule has 372 valence electrons. The number of aliphatic hydroxyl groups is 3. The third kappa shape index (κ3) is 28.0. The van der Waals surface area contributed by atoms with Crippen molar-refractivity contribution < 1.29 is 43.9 Å². The zero-order valence-corrected chi connectivity index (χ0v) is 40.9. The first kappa shape index (κ1) is 57.8. The fraction of sp³-hybridized carbons (Fsp3) is 0.898. The summed E-state index contributed by atoms with van der Waals surface area (Å²) < 4.78 is 18.0. The molecule has 0 bridgehead atoms. The maximum atomic E-state index is 12.9. The second kappa shape index (κ2) is 38.8. The summed E-state index contributed by atoms with van der Waals surface area (Å²) in [5.74, 6) is -0.608. The van der Waals surface area contributed by atoms with Gasteiger partial charge in [0.15, 0.2) is 12.0 Å². The molecule has 2 heterocycles. The Labute approximate surface area is 391 Å². The van der Waals surface area contributed by atoms with E-state index in [1.807, 2.05) is 0 Å². The molecule has 1 aliphatic rings. The number of carbonyl (C=O) groups is 3. The summed E-state index contributed by atoms with van der Waals surface area (Å²) in [7, 11) is 0. The number of rotatable bonds is 43. The van der Waals surface area contributed by atoms with Crippen molar-refractivity contribution in [2.45, 2.75) is 256 Å². The lowest BCUT2D eigenvalue weighted by molar-refractivity contribution is -0.157. The number of nitrogens with two attached hydrogens (primary N) is 1. The molecule has 1 saturated heterocycles. The Bertz CT molecular complexity index is 1310. The number of hydrogen-bond acceptors (Lipinski definition) is 13. The molecule has 64 heavy (non-hydrogen) atoms. The fourth-order valence-corrected chi connectivity index (χ4v) is 9.05. The largest absolute Gasteiger partial charge is 0.462 e. The van der Waals surface area contributed by atoms with Gasteiger partial charge in [0, 0.05) is 24.3 Å². The average molecular weight is 926 g/mol. The molecular formula is C49H91N5O9S. The van der Waals surface area contributed by atoms with Crippen LogP contribution < -0.4 is 11.1 Å². The summed E-state index contributed by atoms with van der Waals surface area (Å²) in [6.07, 6.45) is 34.0. The number of ether oxygens (including phenoxy) is 3. The summed E-state index contributed by atoms with van der Waals surface area (Å²) in [6, 6.07) is -0.951. The van der Waals surface area contributed by atoms with Crippen LogP contribution in [0.4, 0.5) is 5.82 Å². The van der Waals surface area contributed by atoms with E-state index in [4.69, 9.17) is 19.9 Å². The van der Waals surface area contributed by atoms with Crippen LogP contribution in [0.1, 0.15) is 226 Å². The molecule has 1 fully saturated rings. The van der Waals surface area contributed by atoms with E-state index >= 15 is 0 Å². The highest BCUT2D eigenvalue weighted by Crippen LogP contribution is 2.29. The zero-order chi connectivity index (χ0) is 46.5. The molecule has 15 heteroatoms. The Morgan fingerprint density at radius 1 is 0.688 bits per heavy atom. The van der Waals surface area contributed by atoms with Gasteiger partial charge in [-0.2, -0.15) is 11.8 Å². The number of nitrogens with one attached hydrogen (secondary N) is 1. The number of aromatic nitrogens is 3. The third-order valence-corrected chi connectivity index (χ3v) is 13.4. The highest BCUT2D eigenvalue weighted by Gasteiger charge is 2.44. The van der Waals surface area contributed by atoms with Crippen LogP contribution >= 0.6 is 11.8 Å². The van der Waals surface area contributed by atoms with Gasteiger partial charge in [-0.15, -0.1) is 5.10 Å². The molecule has 1 aromatic heterocycles. The van der Waals surface area contributed by atoms with Gasteiger partial charge in [-0.3, -0.25) is 14.4 Å². The first-order valence-corrected chi connectivity index (χ1v) is 26.9. The van der Waals surface area contributed by atoms with Gasteiger partial charge < -0.3 is 40.6 Å². The minimum Gasteiger partial charge on any atom is -0.462 e. The monoisotopic (exact) mass is 926 g/mol. The molecule has 0 saturated carbocycles. The van der Waals surface area contributed by atoms with Crippen LogP contribution in [0.5, 0.6) is 0 Å². The number of hydrogen-bond donors (Lipinski definition) is 5. The molecule has 14 nitrogen and oxygen atoms in total. The highest BCUT2D eigenvalue weighted by atomic mass is 32.2. The van der Waals surface area contributed by atoms with Crippen molar-refractivity contribution in [3.05, 3.63) is 6.20 Å². The lowest BCUT2D eigenvalue weighted by Crippen LogP contribution is -2.38. The maximum Gasteiger partial charge on any atom is 0.306 e. The number of thioether (sulfide) groups is 1. The van der Waals surface area contributed by atoms with E-state index in [2.05, 4.69) is 29.5 Å². The summed E-state index contributed by atoms with van der Waals surface area (Å²) >= 11 is 1.32. The van der Waals surface area contributed by atoms with Gasteiger partial charge in [0.1, 0.15) is 31.0 Å². The molecule has 1 aromatic rings. The SMILES string of the molecule is CCCCCCCCCCCCCCCCCC(=O)OC[C@H](CSC[C@@H](N)C(=O)Nc1cn([C@H]2OC(CO)[C@@H](O)[C@H]2O)nn1)OC(=O)CCCCCCCCCCCCCCCCC. The average Bonchev–Trinajstić information content (AvgIpc) is 3.87. The van der Waals surface area contributed by atoms with Crippen LogP contribution in [0, 0.1) is 0 Å². The molecular weight excluding hydrogens is 835 g/mol. The quantitative estimate of drug-likeness (QED) is 0.0306. The molecule has 2 rings (SSSR count). The van der Waals surface area contributed by atoms with E-state index in [0.717, 1.165) is 43.2 Å². The normalized spacial score (nSPS) is 18.3. The van der Waals surface area contributed by atoms with Crippen LogP contribution in [0.15, 0.2) is 6.20 Å². The number of esters is 2. The molecule has 6 atom stereocenters. The van der Waals surface area contributed by atoms with Crippen molar-refractivity contribution >= 4 is 35.4 Å². The lowest BCUT2D eigenvalue weighted by atomic mass is 10.0. The molecule has 0 aliphatic carbocycles. The van der Waals surface area contributed by atoms with Crippen LogP contribution in [0.3, 0.4) is 0 Å². The van der Waals surface area contributed by atoms with E-state index in [1.54, 1.807) is 0 Å². The number of carbonyl (C=O) groups excluding carboxylic acids is 3. The van der Waals surface area contributed by atoms with Gasteiger partial charge >= 0.3 is 11.9 Å². The van der Waals surface area contributed by atoms with Gasteiger partial charge in [0.25, 0.3) is 0 Å². The Kier molecular flexibility index (Phi) is 35.0. The second-order valence-electron chi connectivity index (χ2n) is 18.1. The van der Waals surface area contributed by atoms with E-state index < -0.39 is 49.2 Å². The number of nitrogens with zero attached hydrogens (tertiary/aromatic N) is 3. The third-order valence-electron chi connectivity index (χ3n) is 12.2. The predicted octanol–water partition coefficient (Wildman–Crippen LogP) is 9.87. The van der Waals surface area contributed by atoms with Crippen LogP contribution in [0.25, 0.3) is 0 Å². The van der Waals surface area contributed by atoms with Crippen molar-refractivity contribution in [3.63, 3.8) is 0 Å². The topological polar surface area (TPSA) is 208 Å². The zero-order valence-electron chi connectivity index (χ0n) is 40.1. The van der Waals surface area contributed by atoms with Gasteiger partial charge in [-0.1, -0.05) is 199 Å². The molecule has 1 amide bonds. The summed E-state index contributed by atoms with van der Waals surface area (Å²) in [5, 5.41) is 40.0. The van der Waals surface area contributed by atoms with Gasteiger partial charge in [-0.05, 0) is 12.8 Å². The smallest absolute Gasteiger partial charge is 0.306 e. The van der Waals surface area contributed by atoms with Crippen LogP contribution in [0.2, 0.25) is 0 Å². The van der Waals surface area contributed by atoms with Crippen molar-refractivity contribution in [2.24, 2.45) is 5.73 Å². The van der Waals surface area contributed by atoms with E-state index in [9.17, 15) is 29.7 Å². The lowest BCUT2D eigenvalue weighted by Gasteiger charge is -2.19. The molecule has 1 unspecified atom stereocenters. The number of amides is 1. The Morgan fingerprint density at radius 2 is 1.12 bits per heavy atom. The maximum absolute atomic E-state index is 12.9. The first-order valence-electron chi connectivity index (χ1n) is 25.7. The van der Waals surface area contributed by atoms with Gasteiger partial charge in [0.05, 0.1) is 18.8 Å². The van der Waals surface area contributed by atoms with Crippen LogP contribution in [-0.2, 0) is 28.6 Å². The van der Waals surface area contributed by atoms with E-state index in [0.29, 0.717) is 18.6 Å². The Morgan fingerprint density at radius 3 is 1.56 bits per heavy atom. The van der Waals surface area contributed by atoms with Crippen molar-refractivity contribution in [1.82, 2.24) is 15.0 Å². The molecule has 0 radical (unpaired) electrons. The first-order chi connectivity index (χ1) is 31.2. The Hall–Kier alpha value is -2.30. The fourth-order valence-electron chi connectivity index (χ4n) is 8.08. The molecule has 1 aliphatic heterocycles. The van der Waals surface area contributed by atoms with Crippen molar-refractivity contribution in [1.29, 1.82) is 0 Å². The molecule has 0 spiro atoms. The predicted molar refractivity (Wildman–Crippen MR) is 257 cm³/mol. The summed E-state index contributed by atoms with van der Waals surface area (Å²) in [6.45, 7) is 3.98. The molecule has 0 aromatic carbocycles. The van der Waals surface area contributed by atoms with E-state index in [1.165, 1.54) is 172 Å². The number of unbranched alkanes of at least 4 members (excludes halogenated alkanes) is 28. The van der Waals surface area contributed by atoms with Gasteiger partial charge in [0.2, 0.25) is 5.91 Å². The molecule has 6 N–H and O–H groups in total. The van der Waals surface area contributed by atoms with Crippen molar-refractivity contribution in [2.75, 3.05) is 30.0 Å². The minimum atomic E-state index is -1.35. The highest BCUT2D eigenvalue weighted by molar-refractivity contribution is 7.99. The summed E-state index contributed by atoms with van der Waals surface area (Å²) in [5.41, 5.74) is 6.19. The van der Waals surface area contributed by atoms with Crippen LogP contribution in [-0.4, -0.2) is 103 Å². The Balaban J connectivity index is 1.69. The number of anilines is 1. The van der Waals surface area contributed by atoms with Gasteiger partial charge in [-0.25, -0.2) is 4.68 Å². The number of aliphatic hydroxyl groups excluding tert-OH is 3. The standard InChI is InChI=1S/C49H91N5O9S/c1-3-5-7-9-11-13-15-17-19-21-23-25-27-29-31-33-44(56)61-37-40(62-45(57)34-32-30-28-26-24-22-20-18-16-14-12-10-8-6-4-2)38-64-39-41(50)48(60)51-43-35-54(53-52-43)49-47(59)46(58)42(36-55)63-49/h35,40-42,46-47,49,55,58-59H,3-34,36-39,50H2,1-2H3,(H,51,60)/t40-,41-,42?,46-,47-,49+/m1/s1. The summed E-state index contributed by atoms with van der Waals surface area (Å²) in [4.78, 5) is 38.5. The second-order valence-corrected chi connectivity index (χ2v) is 19.2. The van der Waals surface area contributed by atoms with E-state index in [-0.39, 0.29) is 30.1 Å². The minimum absolute atomic E-state index is 0.0549.